The summed E-state index contributed by atoms with van der Waals surface area (Å²) in [6.45, 7) is -0.403. The number of oxazole rings is 1. The van der Waals surface area contributed by atoms with Gasteiger partial charge in [0.05, 0.1) is 5.56 Å². The molecule has 3 aromatic rings. The molecule has 0 unspecified atom stereocenters. The Balaban J connectivity index is 1.58. The molecule has 0 saturated heterocycles. The van der Waals surface area contributed by atoms with E-state index < -0.39 is 18.5 Å². The van der Waals surface area contributed by atoms with Crippen LogP contribution in [0.3, 0.4) is 0 Å². The van der Waals surface area contributed by atoms with Crippen LogP contribution in [0.2, 0.25) is 5.02 Å². The number of esters is 1. The first-order valence-corrected chi connectivity index (χ1v) is 7.05. The molecule has 1 N–H and O–H groups in total. The number of hydrogen-bond donors (Lipinski definition) is 1. The molecule has 3 rings (SSSR count). The van der Waals surface area contributed by atoms with Crippen LogP contribution in [0.1, 0.15) is 10.4 Å². The Kier molecular flexibility index (Phi) is 4.25. The third-order valence-electron chi connectivity index (χ3n) is 3.01. The van der Waals surface area contributed by atoms with Gasteiger partial charge in [0, 0.05) is 10.7 Å². The molecule has 0 aliphatic rings. The number of rotatable bonds is 4. The zero-order chi connectivity index (χ0) is 16.2. The summed E-state index contributed by atoms with van der Waals surface area (Å²) in [4.78, 5) is 27.7. The molecule has 0 radical (unpaired) electrons. The van der Waals surface area contributed by atoms with Gasteiger partial charge >= 0.3 is 5.97 Å². The minimum atomic E-state index is -0.621. The van der Waals surface area contributed by atoms with Gasteiger partial charge in [0.1, 0.15) is 5.52 Å². The van der Waals surface area contributed by atoms with E-state index >= 15 is 0 Å². The normalized spacial score (nSPS) is 10.5. The topological polar surface area (TPSA) is 81.4 Å². The molecule has 0 atom stereocenters. The first kappa shape index (κ1) is 15.1. The van der Waals surface area contributed by atoms with Gasteiger partial charge in [-0.3, -0.25) is 4.79 Å². The van der Waals surface area contributed by atoms with E-state index in [4.69, 9.17) is 20.8 Å². The predicted octanol–water partition coefficient (Wildman–Crippen LogP) is 3.28. The van der Waals surface area contributed by atoms with Crippen LogP contribution in [0.25, 0.3) is 11.1 Å². The van der Waals surface area contributed by atoms with Gasteiger partial charge in [-0.05, 0) is 36.4 Å². The molecular formula is C16H11ClN2O4. The number of ether oxygens (including phenoxy) is 1. The summed E-state index contributed by atoms with van der Waals surface area (Å²) < 4.78 is 10.1. The Morgan fingerprint density at radius 2 is 2.09 bits per heavy atom. The molecular weight excluding hydrogens is 320 g/mol. The minimum absolute atomic E-state index is 0.282. The lowest BCUT2D eigenvalue weighted by atomic mass is 10.2. The number of benzene rings is 2. The Labute approximate surface area is 136 Å². The van der Waals surface area contributed by atoms with Crippen LogP contribution in [0.4, 0.5) is 5.69 Å². The minimum Gasteiger partial charge on any atom is -0.452 e. The first-order valence-electron chi connectivity index (χ1n) is 6.67. The molecule has 6 nitrogen and oxygen atoms in total. The molecule has 0 fully saturated rings. The van der Waals surface area contributed by atoms with Gasteiger partial charge in [-0.1, -0.05) is 17.7 Å². The number of nitrogens with zero attached hydrogens (tertiary/aromatic N) is 1. The third kappa shape index (κ3) is 3.67. The van der Waals surface area contributed by atoms with Crippen LogP contribution < -0.4 is 5.32 Å². The van der Waals surface area contributed by atoms with Crippen molar-refractivity contribution >= 4 is 40.3 Å². The predicted molar refractivity (Wildman–Crippen MR) is 84.4 cm³/mol. The van der Waals surface area contributed by atoms with E-state index in [0.29, 0.717) is 21.8 Å². The number of carbonyl (C=O) groups excluding carboxylic acids is 2. The molecule has 0 spiro atoms. The molecule has 2 aromatic carbocycles. The van der Waals surface area contributed by atoms with Crippen molar-refractivity contribution in [1.82, 2.24) is 4.98 Å². The van der Waals surface area contributed by atoms with Crippen molar-refractivity contribution in [1.29, 1.82) is 0 Å². The maximum Gasteiger partial charge on any atom is 0.338 e. The van der Waals surface area contributed by atoms with E-state index in [0.717, 1.165) is 0 Å². The van der Waals surface area contributed by atoms with Gasteiger partial charge in [-0.2, -0.15) is 0 Å². The largest absolute Gasteiger partial charge is 0.452 e. The lowest BCUT2D eigenvalue weighted by molar-refractivity contribution is -0.119. The average molecular weight is 331 g/mol. The van der Waals surface area contributed by atoms with Gasteiger partial charge < -0.3 is 14.5 Å². The quantitative estimate of drug-likeness (QED) is 0.742. The molecule has 1 heterocycles. The van der Waals surface area contributed by atoms with Gasteiger partial charge in [-0.15, -0.1) is 0 Å². The lowest BCUT2D eigenvalue weighted by Crippen LogP contribution is -2.20. The molecule has 7 heteroatoms. The Morgan fingerprint density at radius 3 is 2.91 bits per heavy atom. The summed E-state index contributed by atoms with van der Waals surface area (Å²) in [6, 6.07) is 11.4. The summed E-state index contributed by atoms with van der Waals surface area (Å²) in [7, 11) is 0. The highest BCUT2D eigenvalue weighted by Crippen LogP contribution is 2.16. The number of amides is 1. The highest BCUT2D eigenvalue weighted by molar-refractivity contribution is 6.30. The monoisotopic (exact) mass is 330 g/mol. The second kappa shape index (κ2) is 6.50. The Bertz CT molecular complexity index is 875. The molecule has 1 amide bonds. The second-order valence-electron chi connectivity index (χ2n) is 4.67. The van der Waals surface area contributed by atoms with Gasteiger partial charge in [0.25, 0.3) is 5.91 Å². The fraction of sp³-hybridized carbons (Fsp3) is 0.0625. The number of halogens is 1. The van der Waals surface area contributed by atoms with Crippen molar-refractivity contribution in [2.75, 3.05) is 11.9 Å². The summed E-state index contributed by atoms with van der Waals surface area (Å²) in [5.41, 5.74) is 1.93. The average Bonchev–Trinajstić information content (AvgIpc) is 3.00. The van der Waals surface area contributed by atoms with Crippen molar-refractivity contribution in [2.24, 2.45) is 0 Å². The molecule has 0 aliphatic heterocycles. The Hall–Kier alpha value is -2.86. The number of carbonyl (C=O) groups is 2. The van der Waals surface area contributed by atoms with Gasteiger partial charge in [-0.25, -0.2) is 9.78 Å². The third-order valence-corrected chi connectivity index (χ3v) is 3.24. The van der Waals surface area contributed by atoms with Crippen molar-refractivity contribution in [3.63, 3.8) is 0 Å². The van der Waals surface area contributed by atoms with E-state index in [1.165, 1.54) is 12.5 Å². The van der Waals surface area contributed by atoms with Crippen LogP contribution >= 0.6 is 11.6 Å². The van der Waals surface area contributed by atoms with Gasteiger partial charge in [0.2, 0.25) is 0 Å². The standard InChI is InChI=1S/C16H11ClN2O4/c17-11-2-1-3-12(7-11)19-15(20)8-22-16(21)10-4-5-13-14(6-10)23-9-18-13/h1-7,9H,8H2,(H,19,20). The van der Waals surface area contributed by atoms with Crippen molar-refractivity contribution in [3.05, 3.63) is 59.4 Å². The number of hydrogen-bond acceptors (Lipinski definition) is 5. The number of nitrogens with one attached hydrogen (secondary N) is 1. The molecule has 0 saturated carbocycles. The van der Waals surface area contributed by atoms with Crippen molar-refractivity contribution in [2.45, 2.75) is 0 Å². The lowest BCUT2D eigenvalue weighted by Gasteiger charge is -2.07. The highest BCUT2D eigenvalue weighted by Gasteiger charge is 2.12. The van der Waals surface area contributed by atoms with Crippen molar-refractivity contribution in [3.8, 4) is 0 Å². The summed E-state index contributed by atoms with van der Waals surface area (Å²) in [6.07, 6.45) is 1.29. The number of anilines is 1. The van der Waals surface area contributed by atoms with E-state index in [2.05, 4.69) is 10.3 Å². The van der Waals surface area contributed by atoms with E-state index in [1.807, 2.05) is 0 Å². The number of aromatic nitrogens is 1. The van der Waals surface area contributed by atoms with E-state index in [9.17, 15) is 9.59 Å². The van der Waals surface area contributed by atoms with E-state index in [1.54, 1.807) is 36.4 Å². The molecule has 116 valence electrons. The van der Waals surface area contributed by atoms with Crippen LogP contribution in [0.5, 0.6) is 0 Å². The van der Waals surface area contributed by atoms with Gasteiger partial charge in [0.15, 0.2) is 18.6 Å². The van der Waals surface area contributed by atoms with Crippen LogP contribution in [0.15, 0.2) is 53.3 Å². The highest BCUT2D eigenvalue weighted by atomic mass is 35.5. The zero-order valence-electron chi connectivity index (χ0n) is 11.8. The maximum absolute atomic E-state index is 11.9. The van der Waals surface area contributed by atoms with Crippen LogP contribution in [-0.4, -0.2) is 23.5 Å². The van der Waals surface area contributed by atoms with Crippen LogP contribution in [-0.2, 0) is 9.53 Å². The molecule has 23 heavy (non-hydrogen) atoms. The summed E-state index contributed by atoms with van der Waals surface area (Å²) in [5, 5.41) is 3.09. The van der Waals surface area contributed by atoms with Crippen molar-refractivity contribution < 1.29 is 18.7 Å². The fourth-order valence-corrected chi connectivity index (χ4v) is 2.15. The zero-order valence-corrected chi connectivity index (χ0v) is 12.5. The summed E-state index contributed by atoms with van der Waals surface area (Å²) in [5.74, 6) is -1.08. The van der Waals surface area contributed by atoms with Crippen LogP contribution in [0, 0.1) is 0 Å². The first-order chi connectivity index (χ1) is 11.1. The van der Waals surface area contributed by atoms with E-state index in [-0.39, 0.29) is 5.56 Å². The molecule has 0 aliphatic carbocycles. The Morgan fingerprint density at radius 1 is 1.22 bits per heavy atom. The smallest absolute Gasteiger partial charge is 0.338 e. The molecule has 0 bridgehead atoms. The molecule has 1 aromatic heterocycles. The second-order valence-corrected chi connectivity index (χ2v) is 5.11. The fourth-order valence-electron chi connectivity index (χ4n) is 1.96. The maximum atomic E-state index is 11.9. The number of fused-ring (bicyclic) bond motifs is 1. The summed E-state index contributed by atoms with van der Waals surface area (Å²) >= 11 is 5.82. The SMILES string of the molecule is O=C(COC(=O)c1ccc2ncoc2c1)Nc1cccc(Cl)c1.